The molecule has 104 valence electrons. The van der Waals surface area contributed by atoms with E-state index in [2.05, 4.69) is 22.0 Å². The van der Waals surface area contributed by atoms with Gasteiger partial charge in [0.1, 0.15) is 5.69 Å². The van der Waals surface area contributed by atoms with E-state index in [4.69, 9.17) is 15.7 Å². The average Bonchev–Trinajstić information content (AvgIpc) is 2.97. The summed E-state index contributed by atoms with van der Waals surface area (Å²) < 4.78 is 5.66. The molecule has 1 unspecified atom stereocenters. The third kappa shape index (κ3) is 3.35. The maximum absolute atomic E-state index is 8.69. The zero-order chi connectivity index (χ0) is 13.7. The van der Waals surface area contributed by atoms with Crippen molar-refractivity contribution in [2.75, 3.05) is 24.6 Å². The number of ether oxygens (including phenoxy) is 1. The van der Waals surface area contributed by atoms with Gasteiger partial charge in [-0.05, 0) is 31.9 Å². The number of likely N-dealkylation sites (N-methyl/N-ethyl adjacent to an activating group) is 1. The molecule has 1 aromatic rings. The number of nitrogens with zero attached hydrogens (tertiary/aromatic N) is 3. The van der Waals surface area contributed by atoms with Crippen molar-refractivity contribution in [3.63, 3.8) is 0 Å². The summed E-state index contributed by atoms with van der Waals surface area (Å²) in [5.41, 5.74) is 7.05. The van der Waals surface area contributed by atoms with Crippen LogP contribution in [0.5, 0.6) is 0 Å². The maximum atomic E-state index is 8.69. The first kappa shape index (κ1) is 13.6. The zero-order valence-electron chi connectivity index (χ0n) is 11.1. The van der Waals surface area contributed by atoms with Gasteiger partial charge in [0.15, 0.2) is 5.84 Å². The lowest BCUT2D eigenvalue weighted by atomic mass is 10.2. The van der Waals surface area contributed by atoms with Crippen LogP contribution in [-0.2, 0) is 4.74 Å². The molecule has 1 aliphatic heterocycles. The van der Waals surface area contributed by atoms with Crippen LogP contribution in [0.1, 0.15) is 25.5 Å². The Morgan fingerprint density at radius 3 is 3.16 bits per heavy atom. The van der Waals surface area contributed by atoms with E-state index in [0.717, 1.165) is 38.2 Å². The van der Waals surface area contributed by atoms with Gasteiger partial charge in [0.2, 0.25) is 0 Å². The van der Waals surface area contributed by atoms with Crippen molar-refractivity contribution < 1.29 is 9.94 Å². The fraction of sp³-hybridized carbons (Fsp3) is 0.538. The molecule has 0 aromatic carbocycles. The Hall–Kier alpha value is -1.82. The molecule has 3 N–H and O–H groups in total. The highest BCUT2D eigenvalue weighted by atomic mass is 16.5. The van der Waals surface area contributed by atoms with Crippen LogP contribution in [0, 0.1) is 0 Å². The molecule has 0 spiro atoms. The zero-order valence-corrected chi connectivity index (χ0v) is 11.1. The van der Waals surface area contributed by atoms with Crippen LogP contribution < -0.4 is 10.6 Å². The fourth-order valence-corrected chi connectivity index (χ4v) is 2.26. The van der Waals surface area contributed by atoms with E-state index in [9.17, 15) is 0 Å². The lowest BCUT2D eigenvalue weighted by Crippen LogP contribution is -2.32. The van der Waals surface area contributed by atoms with Crippen molar-refractivity contribution >= 4 is 11.5 Å². The highest BCUT2D eigenvalue weighted by Gasteiger charge is 2.19. The summed E-state index contributed by atoms with van der Waals surface area (Å²) in [6.45, 7) is 4.68. The Morgan fingerprint density at radius 2 is 2.53 bits per heavy atom. The second-order valence-corrected chi connectivity index (χ2v) is 4.56. The maximum Gasteiger partial charge on any atom is 0.188 e. The molecular formula is C13H20N4O2. The van der Waals surface area contributed by atoms with Crippen LogP contribution >= 0.6 is 0 Å². The molecule has 1 aromatic heterocycles. The number of pyridine rings is 1. The standard InChI is InChI=1S/C13H20N4O2/c1-2-17(9-11-4-3-7-19-11)10-5-6-15-12(8-10)13(14)16-18/h5-6,8,11,18H,2-4,7,9H2,1H3,(H2,14,16). The lowest BCUT2D eigenvalue weighted by Gasteiger charge is -2.26. The number of oxime groups is 1. The largest absolute Gasteiger partial charge is 0.409 e. The van der Waals surface area contributed by atoms with Crippen molar-refractivity contribution in [3.05, 3.63) is 24.0 Å². The molecule has 0 bridgehead atoms. The molecule has 19 heavy (non-hydrogen) atoms. The summed E-state index contributed by atoms with van der Waals surface area (Å²) in [7, 11) is 0. The fourth-order valence-electron chi connectivity index (χ4n) is 2.26. The highest BCUT2D eigenvalue weighted by molar-refractivity contribution is 5.95. The highest BCUT2D eigenvalue weighted by Crippen LogP contribution is 2.19. The van der Waals surface area contributed by atoms with Crippen LogP contribution in [0.2, 0.25) is 0 Å². The minimum atomic E-state index is 0.0232. The molecule has 2 rings (SSSR count). The molecular weight excluding hydrogens is 244 g/mol. The van der Waals surface area contributed by atoms with Crippen LogP contribution in [0.3, 0.4) is 0 Å². The number of rotatable bonds is 5. The summed E-state index contributed by atoms with van der Waals surface area (Å²) in [5, 5.41) is 11.7. The molecule has 0 saturated carbocycles. The quantitative estimate of drug-likeness (QED) is 0.361. The molecule has 6 nitrogen and oxygen atoms in total. The molecule has 6 heteroatoms. The number of amidine groups is 1. The minimum absolute atomic E-state index is 0.0232. The van der Waals surface area contributed by atoms with E-state index in [0.29, 0.717) is 11.8 Å². The Morgan fingerprint density at radius 1 is 1.68 bits per heavy atom. The van der Waals surface area contributed by atoms with Gasteiger partial charge in [0.25, 0.3) is 0 Å². The molecule has 0 aliphatic carbocycles. The van der Waals surface area contributed by atoms with Gasteiger partial charge in [-0.15, -0.1) is 0 Å². The third-order valence-electron chi connectivity index (χ3n) is 3.31. The molecule has 1 aliphatic rings. The van der Waals surface area contributed by atoms with Gasteiger partial charge in [-0.25, -0.2) is 0 Å². The number of hydrogen-bond acceptors (Lipinski definition) is 5. The SMILES string of the molecule is CCN(CC1CCCO1)c1ccnc(/C(N)=N/O)c1. The molecule has 1 atom stereocenters. The van der Waals surface area contributed by atoms with Gasteiger partial charge >= 0.3 is 0 Å². The average molecular weight is 264 g/mol. The van der Waals surface area contributed by atoms with Gasteiger partial charge in [-0.2, -0.15) is 0 Å². The number of hydrogen-bond donors (Lipinski definition) is 2. The predicted octanol–water partition coefficient (Wildman–Crippen LogP) is 1.18. The summed E-state index contributed by atoms with van der Waals surface area (Å²) in [4.78, 5) is 6.30. The predicted molar refractivity (Wildman–Crippen MR) is 73.6 cm³/mol. The van der Waals surface area contributed by atoms with Crippen LogP contribution in [0.4, 0.5) is 5.69 Å². The summed E-state index contributed by atoms with van der Waals surface area (Å²) >= 11 is 0. The Bertz CT molecular complexity index is 444. The lowest BCUT2D eigenvalue weighted by molar-refractivity contribution is 0.115. The van der Waals surface area contributed by atoms with E-state index in [-0.39, 0.29) is 5.84 Å². The third-order valence-corrected chi connectivity index (χ3v) is 3.31. The van der Waals surface area contributed by atoms with Gasteiger partial charge in [-0.3, -0.25) is 4.98 Å². The van der Waals surface area contributed by atoms with Crippen molar-refractivity contribution in [1.82, 2.24) is 4.98 Å². The summed E-state index contributed by atoms with van der Waals surface area (Å²) in [6, 6.07) is 3.75. The van der Waals surface area contributed by atoms with Crippen LogP contribution in [-0.4, -0.2) is 41.8 Å². The van der Waals surface area contributed by atoms with Crippen molar-refractivity contribution in [2.45, 2.75) is 25.9 Å². The van der Waals surface area contributed by atoms with Gasteiger partial charge in [0.05, 0.1) is 6.10 Å². The second-order valence-electron chi connectivity index (χ2n) is 4.56. The monoisotopic (exact) mass is 264 g/mol. The molecule has 2 heterocycles. The van der Waals surface area contributed by atoms with Crippen molar-refractivity contribution in [2.24, 2.45) is 10.9 Å². The first-order valence-electron chi connectivity index (χ1n) is 6.55. The first-order valence-corrected chi connectivity index (χ1v) is 6.55. The van der Waals surface area contributed by atoms with E-state index < -0.39 is 0 Å². The Labute approximate surface area is 112 Å². The molecule has 1 saturated heterocycles. The second kappa shape index (κ2) is 6.38. The number of nitrogens with two attached hydrogens (primary N) is 1. The van der Waals surface area contributed by atoms with E-state index in [1.54, 1.807) is 6.20 Å². The van der Waals surface area contributed by atoms with E-state index >= 15 is 0 Å². The first-order chi connectivity index (χ1) is 9.24. The van der Waals surface area contributed by atoms with Crippen molar-refractivity contribution in [3.8, 4) is 0 Å². The smallest absolute Gasteiger partial charge is 0.188 e. The minimum Gasteiger partial charge on any atom is -0.409 e. The molecule has 1 fully saturated rings. The van der Waals surface area contributed by atoms with Crippen LogP contribution in [0.15, 0.2) is 23.5 Å². The Kier molecular flexibility index (Phi) is 4.57. The van der Waals surface area contributed by atoms with Gasteiger partial charge in [0, 0.05) is 31.6 Å². The number of aromatic nitrogens is 1. The van der Waals surface area contributed by atoms with Gasteiger partial charge in [-0.1, -0.05) is 5.16 Å². The normalized spacial score (nSPS) is 19.6. The van der Waals surface area contributed by atoms with Crippen LogP contribution in [0.25, 0.3) is 0 Å². The molecule has 0 amide bonds. The van der Waals surface area contributed by atoms with E-state index in [1.807, 2.05) is 12.1 Å². The summed E-state index contributed by atoms with van der Waals surface area (Å²) in [5.74, 6) is 0.0232. The van der Waals surface area contributed by atoms with Gasteiger partial charge < -0.3 is 20.6 Å². The Balaban J connectivity index is 2.13. The summed E-state index contributed by atoms with van der Waals surface area (Å²) in [6.07, 6.45) is 4.20. The topological polar surface area (TPSA) is 84.0 Å². The van der Waals surface area contributed by atoms with E-state index in [1.165, 1.54) is 0 Å². The molecule has 0 radical (unpaired) electrons. The van der Waals surface area contributed by atoms with Crippen molar-refractivity contribution in [1.29, 1.82) is 0 Å². The number of anilines is 1.